The predicted molar refractivity (Wildman–Crippen MR) is 82.6 cm³/mol. The molecule has 0 aliphatic heterocycles. The molecular formula is C16H16N2OS. The van der Waals surface area contributed by atoms with Crippen LogP contribution in [-0.2, 0) is 6.54 Å². The first-order chi connectivity index (χ1) is 9.70. The molecule has 3 N–H and O–H groups in total. The van der Waals surface area contributed by atoms with Crippen molar-refractivity contribution in [1.29, 1.82) is 0 Å². The number of hydrogen-bond donors (Lipinski definition) is 2. The lowest BCUT2D eigenvalue weighted by molar-refractivity contribution is 0.0950. The first-order valence-electron chi connectivity index (χ1n) is 6.31. The summed E-state index contributed by atoms with van der Waals surface area (Å²) in [7, 11) is 0. The van der Waals surface area contributed by atoms with Gasteiger partial charge in [0.15, 0.2) is 0 Å². The Hall–Kier alpha value is -2.09. The zero-order valence-electron chi connectivity index (χ0n) is 11.3. The molecule has 0 saturated carbocycles. The van der Waals surface area contributed by atoms with Gasteiger partial charge in [0, 0.05) is 21.4 Å². The van der Waals surface area contributed by atoms with Crippen molar-refractivity contribution >= 4 is 17.2 Å². The topological polar surface area (TPSA) is 55.1 Å². The van der Waals surface area contributed by atoms with E-state index in [1.807, 2.05) is 42.6 Å². The number of nitrogens with two attached hydrogens (primary N) is 1. The zero-order chi connectivity index (χ0) is 14.4. The lowest BCUT2D eigenvalue weighted by Crippen LogP contribution is -2.23. The molecule has 0 aliphatic rings. The number of carbonyl (C=O) groups excluding carboxylic acids is 1. The van der Waals surface area contributed by atoms with Crippen LogP contribution in [0.4, 0.5) is 0 Å². The highest BCUT2D eigenvalue weighted by atomic mass is 32.1. The Morgan fingerprint density at radius 2 is 2.20 bits per heavy atom. The first-order valence-corrected chi connectivity index (χ1v) is 7.19. The number of hydrogen-bond acceptors (Lipinski definition) is 3. The average Bonchev–Trinajstić information content (AvgIpc) is 2.91. The van der Waals surface area contributed by atoms with Crippen molar-refractivity contribution < 1.29 is 4.79 Å². The largest absolute Gasteiger partial charge is 0.347 e. The molecule has 0 saturated heterocycles. The standard InChI is InChI=1S/C16H16N2OS/c1-12-5-2-3-7-15(12)16(19)18-10-14-9-13(11-20-14)6-4-8-17/h2-3,5,7,9,11H,8,10,17H2,1H3,(H,18,19). The minimum Gasteiger partial charge on any atom is -0.347 e. The lowest BCUT2D eigenvalue weighted by Gasteiger charge is -2.06. The molecule has 2 rings (SSSR count). The fourth-order valence-corrected chi connectivity index (χ4v) is 2.54. The Kier molecular flexibility index (Phi) is 4.94. The fraction of sp³-hybridized carbons (Fsp3) is 0.188. The second-order valence-corrected chi connectivity index (χ2v) is 5.30. The van der Waals surface area contributed by atoms with Gasteiger partial charge in [0.1, 0.15) is 0 Å². The molecule has 102 valence electrons. The molecule has 3 nitrogen and oxygen atoms in total. The SMILES string of the molecule is Cc1ccccc1C(=O)NCc1cc(C#CCN)cs1. The van der Waals surface area contributed by atoms with E-state index in [0.717, 1.165) is 16.0 Å². The van der Waals surface area contributed by atoms with E-state index in [0.29, 0.717) is 18.7 Å². The second-order valence-electron chi connectivity index (χ2n) is 4.31. The van der Waals surface area contributed by atoms with Crippen LogP contribution >= 0.6 is 11.3 Å². The van der Waals surface area contributed by atoms with E-state index in [1.165, 1.54) is 0 Å². The second kappa shape index (κ2) is 6.90. The highest BCUT2D eigenvalue weighted by molar-refractivity contribution is 7.10. The van der Waals surface area contributed by atoms with Crippen LogP contribution in [0.15, 0.2) is 35.7 Å². The number of amides is 1. The van der Waals surface area contributed by atoms with E-state index in [1.54, 1.807) is 11.3 Å². The van der Waals surface area contributed by atoms with E-state index in [9.17, 15) is 4.79 Å². The molecule has 1 amide bonds. The highest BCUT2D eigenvalue weighted by Crippen LogP contribution is 2.14. The molecule has 2 aromatic rings. The molecule has 0 radical (unpaired) electrons. The Bertz CT molecular complexity index is 664. The molecule has 1 aromatic heterocycles. The van der Waals surface area contributed by atoms with Crippen molar-refractivity contribution in [2.45, 2.75) is 13.5 Å². The van der Waals surface area contributed by atoms with Gasteiger partial charge in [-0.2, -0.15) is 0 Å². The van der Waals surface area contributed by atoms with E-state index < -0.39 is 0 Å². The summed E-state index contributed by atoms with van der Waals surface area (Å²) in [5, 5.41) is 4.89. The van der Waals surface area contributed by atoms with Crippen LogP contribution in [0.3, 0.4) is 0 Å². The van der Waals surface area contributed by atoms with Gasteiger partial charge < -0.3 is 11.1 Å². The lowest BCUT2D eigenvalue weighted by atomic mass is 10.1. The number of thiophene rings is 1. The zero-order valence-corrected chi connectivity index (χ0v) is 12.1. The molecule has 4 heteroatoms. The predicted octanol–water partition coefficient (Wildman–Crippen LogP) is 2.30. The molecule has 0 fully saturated rings. The van der Waals surface area contributed by atoms with Gasteiger partial charge in [-0.05, 0) is 24.6 Å². The van der Waals surface area contributed by atoms with E-state index in [2.05, 4.69) is 17.2 Å². The Balaban J connectivity index is 1.97. The van der Waals surface area contributed by atoms with Crippen LogP contribution in [0.1, 0.15) is 26.4 Å². The van der Waals surface area contributed by atoms with E-state index in [-0.39, 0.29) is 5.91 Å². The Morgan fingerprint density at radius 1 is 1.40 bits per heavy atom. The molecule has 0 spiro atoms. The highest BCUT2D eigenvalue weighted by Gasteiger charge is 2.08. The minimum absolute atomic E-state index is 0.0499. The molecule has 0 atom stereocenters. The van der Waals surface area contributed by atoms with Crippen LogP contribution in [-0.4, -0.2) is 12.5 Å². The molecular weight excluding hydrogens is 268 g/mol. The van der Waals surface area contributed by atoms with Crippen molar-refractivity contribution in [3.8, 4) is 11.8 Å². The molecule has 0 unspecified atom stereocenters. The summed E-state index contributed by atoms with van der Waals surface area (Å²) in [4.78, 5) is 13.1. The van der Waals surface area contributed by atoms with Gasteiger partial charge in [-0.1, -0.05) is 30.0 Å². The van der Waals surface area contributed by atoms with Crippen molar-refractivity contribution in [3.63, 3.8) is 0 Å². The average molecular weight is 284 g/mol. The van der Waals surface area contributed by atoms with Crippen LogP contribution in [0.2, 0.25) is 0 Å². The van der Waals surface area contributed by atoms with Crippen molar-refractivity contribution in [2.24, 2.45) is 5.73 Å². The van der Waals surface area contributed by atoms with Crippen LogP contribution in [0.5, 0.6) is 0 Å². The van der Waals surface area contributed by atoms with Gasteiger partial charge in [0.05, 0.1) is 13.1 Å². The summed E-state index contributed by atoms with van der Waals surface area (Å²) in [6.45, 7) is 2.80. The summed E-state index contributed by atoms with van der Waals surface area (Å²) in [5.41, 5.74) is 7.97. The minimum atomic E-state index is -0.0499. The summed E-state index contributed by atoms with van der Waals surface area (Å²) >= 11 is 1.58. The maximum atomic E-state index is 12.1. The molecule has 0 aliphatic carbocycles. The molecule has 0 bridgehead atoms. The van der Waals surface area contributed by atoms with Crippen LogP contribution in [0, 0.1) is 18.8 Å². The van der Waals surface area contributed by atoms with Crippen molar-refractivity contribution in [2.75, 3.05) is 6.54 Å². The maximum absolute atomic E-state index is 12.1. The monoisotopic (exact) mass is 284 g/mol. The summed E-state index contributed by atoms with van der Waals surface area (Å²) in [6, 6.07) is 9.53. The number of rotatable bonds is 3. The smallest absolute Gasteiger partial charge is 0.251 e. The third kappa shape index (κ3) is 3.70. The van der Waals surface area contributed by atoms with Crippen molar-refractivity contribution in [3.05, 3.63) is 57.3 Å². The van der Waals surface area contributed by atoms with Gasteiger partial charge in [0.25, 0.3) is 5.91 Å². The molecule has 1 heterocycles. The molecule has 20 heavy (non-hydrogen) atoms. The van der Waals surface area contributed by atoms with Crippen molar-refractivity contribution in [1.82, 2.24) is 5.32 Å². The van der Waals surface area contributed by atoms with E-state index >= 15 is 0 Å². The number of aryl methyl sites for hydroxylation is 1. The van der Waals surface area contributed by atoms with Gasteiger partial charge in [0.2, 0.25) is 0 Å². The normalized spacial score (nSPS) is 9.70. The van der Waals surface area contributed by atoms with Gasteiger partial charge in [-0.15, -0.1) is 11.3 Å². The number of benzene rings is 1. The molecule has 1 aromatic carbocycles. The van der Waals surface area contributed by atoms with Crippen LogP contribution in [0.25, 0.3) is 0 Å². The van der Waals surface area contributed by atoms with Crippen LogP contribution < -0.4 is 11.1 Å². The summed E-state index contributed by atoms with van der Waals surface area (Å²) in [5.74, 6) is 5.74. The fourth-order valence-electron chi connectivity index (χ4n) is 1.78. The third-order valence-electron chi connectivity index (χ3n) is 2.80. The van der Waals surface area contributed by atoms with Gasteiger partial charge in [-0.25, -0.2) is 0 Å². The summed E-state index contributed by atoms with van der Waals surface area (Å²) in [6.07, 6.45) is 0. The third-order valence-corrected chi connectivity index (χ3v) is 3.74. The number of carbonyl (C=O) groups is 1. The maximum Gasteiger partial charge on any atom is 0.251 e. The van der Waals surface area contributed by atoms with E-state index in [4.69, 9.17) is 5.73 Å². The Labute approximate surface area is 122 Å². The van der Waals surface area contributed by atoms with Gasteiger partial charge in [-0.3, -0.25) is 4.79 Å². The van der Waals surface area contributed by atoms with Gasteiger partial charge >= 0.3 is 0 Å². The summed E-state index contributed by atoms with van der Waals surface area (Å²) < 4.78 is 0. The quantitative estimate of drug-likeness (QED) is 0.850. The number of nitrogens with one attached hydrogen (secondary N) is 1. The first kappa shape index (κ1) is 14.3. The Morgan fingerprint density at radius 3 is 2.95 bits per heavy atom.